The van der Waals surface area contributed by atoms with Gasteiger partial charge in [0.2, 0.25) is 11.8 Å². The molecule has 0 saturated heterocycles. The van der Waals surface area contributed by atoms with E-state index >= 15 is 0 Å². The molecule has 1 aliphatic heterocycles. The van der Waals surface area contributed by atoms with E-state index in [1.807, 2.05) is 60.8 Å². The van der Waals surface area contributed by atoms with Crippen LogP contribution in [-0.4, -0.2) is 41.5 Å². The molecule has 0 bridgehead atoms. The number of carbonyl (C=O) groups is 3. The third-order valence-electron chi connectivity index (χ3n) is 6.31. The number of fused-ring (bicyclic) bond motifs is 1. The number of urea groups is 1. The summed E-state index contributed by atoms with van der Waals surface area (Å²) in [5.41, 5.74) is 10.6. The summed E-state index contributed by atoms with van der Waals surface area (Å²) in [6.07, 6.45) is 3.13. The first-order valence-electron chi connectivity index (χ1n) is 12.4. The molecule has 2 heterocycles. The van der Waals surface area contributed by atoms with Gasteiger partial charge in [0.1, 0.15) is 6.04 Å². The molecule has 0 radical (unpaired) electrons. The highest BCUT2D eigenvalue weighted by atomic mass is 16.2. The van der Waals surface area contributed by atoms with Gasteiger partial charge in [0.15, 0.2) is 0 Å². The lowest BCUT2D eigenvalue weighted by atomic mass is 10.0. The fraction of sp³-hybridized carbons (Fsp3) is 0.321. The largest absolute Gasteiger partial charge is 0.363 e. The number of nitrogens with zero attached hydrogens (tertiary/aromatic N) is 1. The van der Waals surface area contributed by atoms with Gasteiger partial charge in [-0.05, 0) is 49.9 Å². The molecule has 1 aromatic heterocycles. The second-order valence-electron chi connectivity index (χ2n) is 10.0. The van der Waals surface area contributed by atoms with Gasteiger partial charge in [-0.25, -0.2) is 4.79 Å². The Morgan fingerprint density at radius 2 is 1.84 bits per heavy atom. The minimum absolute atomic E-state index is 0.139. The van der Waals surface area contributed by atoms with Gasteiger partial charge < -0.3 is 31.6 Å². The van der Waals surface area contributed by atoms with Crippen molar-refractivity contribution in [2.24, 2.45) is 5.73 Å². The van der Waals surface area contributed by atoms with Crippen LogP contribution in [0.25, 0.3) is 11.1 Å². The number of nitrogens with two attached hydrogens (primary N) is 1. The van der Waals surface area contributed by atoms with Gasteiger partial charge in [0, 0.05) is 36.5 Å². The molecular formula is C28H34N6O3. The average Bonchev–Trinajstić information content (AvgIpc) is 3.28. The predicted molar refractivity (Wildman–Crippen MR) is 145 cm³/mol. The SMILES string of the molecule is CNC(=O)Nc1ccccc1-c1ccc(CN2C(=O)[C@H](NC(=O)CC(C)(C)N)CCc3[nH]ccc32)cc1. The van der Waals surface area contributed by atoms with Crippen molar-refractivity contribution in [1.29, 1.82) is 0 Å². The summed E-state index contributed by atoms with van der Waals surface area (Å²) in [5, 5.41) is 8.31. The molecule has 0 spiro atoms. The van der Waals surface area contributed by atoms with Gasteiger partial charge in [-0.1, -0.05) is 42.5 Å². The summed E-state index contributed by atoms with van der Waals surface area (Å²) in [6, 6.07) is 16.5. The molecular weight excluding hydrogens is 468 g/mol. The van der Waals surface area contributed by atoms with Crippen molar-refractivity contribution in [3.05, 3.63) is 72.1 Å². The number of anilines is 2. The summed E-state index contributed by atoms with van der Waals surface area (Å²) < 4.78 is 0. The van der Waals surface area contributed by atoms with E-state index in [1.165, 1.54) is 0 Å². The Morgan fingerprint density at radius 1 is 1.11 bits per heavy atom. The fourth-order valence-corrected chi connectivity index (χ4v) is 4.52. The summed E-state index contributed by atoms with van der Waals surface area (Å²) in [7, 11) is 1.57. The van der Waals surface area contributed by atoms with E-state index < -0.39 is 11.6 Å². The first-order chi connectivity index (χ1) is 17.6. The molecule has 1 aliphatic rings. The smallest absolute Gasteiger partial charge is 0.318 e. The quantitative estimate of drug-likeness (QED) is 0.338. The zero-order chi connectivity index (χ0) is 26.6. The number of nitrogens with one attached hydrogen (secondary N) is 4. The summed E-state index contributed by atoms with van der Waals surface area (Å²) >= 11 is 0. The van der Waals surface area contributed by atoms with E-state index in [4.69, 9.17) is 5.73 Å². The molecule has 1 atom stereocenters. The normalized spacial score (nSPS) is 15.5. The van der Waals surface area contributed by atoms with Crippen LogP contribution in [0.1, 0.15) is 37.9 Å². The van der Waals surface area contributed by atoms with Gasteiger partial charge in [-0.2, -0.15) is 0 Å². The van der Waals surface area contributed by atoms with Crippen LogP contribution in [0.15, 0.2) is 60.8 Å². The van der Waals surface area contributed by atoms with E-state index in [1.54, 1.807) is 25.8 Å². The highest BCUT2D eigenvalue weighted by Gasteiger charge is 2.32. The molecule has 2 aromatic carbocycles. The predicted octanol–water partition coefficient (Wildman–Crippen LogP) is 3.52. The number of benzene rings is 2. The molecule has 4 amide bonds. The zero-order valence-corrected chi connectivity index (χ0v) is 21.4. The van der Waals surface area contributed by atoms with Crippen molar-refractivity contribution in [2.75, 3.05) is 17.3 Å². The summed E-state index contributed by atoms with van der Waals surface area (Å²) in [4.78, 5) is 43.0. The molecule has 9 heteroatoms. The van der Waals surface area contributed by atoms with Crippen molar-refractivity contribution < 1.29 is 14.4 Å². The standard InChI is InChI=1S/C28H34N6O3/c1-28(2,29)16-25(35)32-23-13-12-22-24(14-15-31-22)34(26(23)36)17-18-8-10-19(11-9-18)20-6-4-5-7-21(20)33-27(37)30-3/h4-11,14-15,23,31H,12-13,16-17,29H2,1-3H3,(H,32,35)(H2,30,33,37)/t23-/m1/s1. The van der Waals surface area contributed by atoms with Crippen LogP contribution < -0.4 is 26.6 Å². The second kappa shape index (κ2) is 10.9. The summed E-state index contributed by atoms with van der Waals surface area (Å²) in [6.45, 7) is 3.93. The van der Waals surface area contributed by atoms with Crippen molar-refractivity contribution in [3.8, 4) is 11.1 Å². The third-order valence-corrected chi connectivity index (χ3v) is 6.31. The number of aryl methyl sites for hydroxylation is 1. The van der Waals surface area contributed by atoms with E-state index in [9.17, 15) is 14.4 Å². The average molecular weight is 503 g/mol. The number of aromatic amines is 1. The monoisotopic (exact) mass is 502 g/mol. The first kappa shape index (κ1) is 26.0. The van der Waals surface area contributed by atoms with Gasteiger partial charge in [-0.15, -0.1) is 0 Å². The lowest BCUT2D eigenvalue weighted by Gasteiger charge is -2.26. The van der Waals surface area contributed by atoms with Gasteiger partial charge in [0.05, 0.1) is 17.9 Å². The topological polar surface area (TPSA) is 132 Å². The molecule has 37 heavy (non-hydrogen) atoms. The van der Waals surface area contributed by atoms with Gasteiger partial charge in [-0.3, -0.25) is 9.59 Å². The molecule has 194 valence electrons. The zero-order valence-electron chi connectivity index (χ0n) is 21.4. The lowest BCUT2D eigenvalue weighted by molar-refractivity contribution is -0.128. The molecule has 9 nitrogen and oxygen atoms in total. The Bertz CT molecular complexity index is 1280. The van der Waals surface area contributed by atoms with Crippen LogP contribution in [0, 0.1) is 0 Å². The Kier molecular flexibility index (Phi) is 7.63. The lowest BCUT2D eigenvalue weighted by Crippen LogP contribution is -2.49. The van der Waals surface area contributed by atoms with Crippen molar-refractivity contribution in [3.63, 3.8) is 0 Å². The number of hydrogen-bond acceptors (Lipinski definition) is 4. The Balaban J connectivity index is 1.55. The van der Waals surface area contributed by atoms with Crippen molar-refractivity contribution >= 4 is 29.2 Å². The van der Waals surface area contributed by atoms with Crippen LogP contribution in [0.3, 0.4) is 0 Å². The molecule has 0 fully saturated rings. The maximum Gasteiger partial charge on any atom is 0.318 e. The minimum atomic E-state index is -0.655. The van der Waals surface area contributed by atoms with Gasteiger partial charge in [0.25, 0.3) is 0 Å². The third kappa shape index (κ3) is 6.37. The van der Waals surface area contributed by atoms with Crippen molar-refractivity contribution in [2.45, 2.75) is 51.2 Å². The van der Waals surface area contributed by atoms with Crippen LogP contribution in [0.4, 0.5) is 16.2 Å². The van der Waals surface area contributed by atoms with E-state index in [-0.39, 0.29) is 24.3 Å². The van der Waals surface area contributed by atoms with Crippen molar-refractivity contribution in [1.82, 2.24) is 15.6 Å². The number of rotatable bonds is 7. The Labute approximate surface area is 216 Å². The van der Waals surface area contributed by atoms with Crippen LogP contribution in [0.2, 0.25) is 0 Å². The number of para-hydroxylation sites is 1. The number of hydrogen-bond donors (Lipinski definition) is 5. The number of amides is 4. The summed E-state index contributed by atoms with van der Waals surface area (Å²) in [5.74, 6) is -0.379. The highest BCUT2D eigenvalue weighted by molar-refractivity contribution is 6.00. The van der Waals surface area contributed by atoms with E-state index in [2.05, 4.69) is 20.9 Å². The molecule has 3 aromatic rings. The number of carbonyl (C=O) groups excluding carboxylic acids is 3. The molecule has 0 saturated carbocycles. The fourth-order valence-electron chi connectivity index (χ4n) is 4.52. The Morgan fingerprint density at radius 3 is 2.54 bits per heavy atom. The molecule has 6 N–H and O–H groups in total. The molecule has 0 unspecified atom stereocenters. The number of aromatic nitrogens is 1. The van der Waals surface area contributed by atoms with E-state index in [0.29, 0.717) is 25.1 Å². The highest BCUT2D eigenvalue weighted by Crippen LogP contribution is 2.30. The van der Waals surface area contributed by atoms with Crippen LogP contribution in [-0.2, 0) is 22.6 Å². The first-order valence-corrected chi connectivity index (χ1v) is 12.4. The van der Waals surface area contributed by atoms with Crippen LogP contribution >= 0.6 is 0 Å². The molecule has 0 aliphatic carbocycles. The van der Waals surface area contributed by atoms with E-state index in [0.717, 1.165) is 28.1 Å². The second-order valence-corrected chi connectivity index (χ2v) is 10.0. The maximum absolute atomic E-state index is 13.6. The number of H-pyrrole nitrogens is 1. The maximum atomic E-state index is 13.6. The molecule has 4 rings (SSSR count). The Hall–Kier alpha value is -4.11. The minimum Gasteiger partial charge on any atom is -0.363 e. The van der Waals surface area contributed by atoms with Gasteiger partial charge >= 0.3 is 6.03 Å². The van der Waals surface area contributed by atoms with Crippen LogP contribution in [0.5, 0.6) is 0 Å².